The Morgan fingerprint density at radius 3 is 2.39 bits per heavy atom. The van der Waals surface area contributed by atoms with E-state index >= 15 is 0 Å². The minimum atomic E-state index is 0.0484. The molecule has 0 saturated heterocycles. The molecule has 1 aliphatic carbocycles. The number of hydrogen-bond donors (Lipinski definition) is 1. The van der Waals surface area contributed by atoms with Crippen molar-refractivity contribution in [3.63, 3.8) is 0 Å². The number of ether oxygens (including phenoxy) is 2. The summed E-state index contributed by atoms with van der Waals surface area (Å²) in [6.07, 6.45) is 6.35. The van der Waals surface area contributed by atoms with Crippen LogP contribution in [0.3, 0.4) is 0 Å². The van der Waals surface area contributed by atoms with E-state index in [0.717, 1.165) is 13.0 Å². The fourth-order valence-electron chi connectivity index (χ4n) is 2.92. The lowest BCUT2D eigenvalue weighted by molar-refractivity contribution is 0.0141. The monoisotopic (exact) mass is 258 g/mol. The van der Waals surface area contributed by atoms with Gasteiger partial charge in [0, 0.05) is 20.3 Å². The Hall–Kier alpha value is -0.120. The van der Waals surface area contributed by atoms with Crippen LogP contribution in [-0.4, -0.2) is 38.6 Å². The molecule has 18 heavy (non-hydrogen) atoms. The number of hydrogen-bond acceptors (Lipinski definition) is 3. The molecule has 0 aliphatic heterocycles. The van der Waals surface area contributed by atoms with Gasteiger partial charge in [0.25, 0.3) is 0 Å². The van der Waals surface area contributed by atoms with Gasteiger partial charge in [-0.3, -0.25) is 0 Å². The Bertz CT molecular complexity index is 216. The molecule has 0 aromatic heterocycles. The first kappa shape index (κ1) is 15.9. The number of rotatable bonds is 8. The maximum absolute atomic E-state index is 9.41. The Labute approximate surface area is 112 Å². The van der Waals surface area contributed by atoms with Crippen molar-refractivity contribution in [3.8, 4) is 0 Å². The second-order valence-electron chi connectivity index (χ2n) is 6.40. The van der Waals surface area contributed by atoms with Gasteiger partial charge in [-0.25, -0.2) is 0 Å². The van der Waals surface area contributed by atoms with Crippen LogP contribution in [0.1, 0.15) is 46.0 Å². The van der Waals surface area contributed by atoms with E-state index in [2.05, 4.69) is 13.8 Å². The summed E-state index contributed by atoms with van der Waals surface area (Å²) in [7, 11) is 1.70. The lowest BCUT2D eigenvalue weighted by Gasteiger charge is -2.36. The van der Waals surface area contributed by atoms with Crippen LogP contribution in [0.5, 0.6) is 0 Å². The molecule has 3 nitrogen and oxygen atoms in total. The number of aliphatic hydroxyl groups excluding tert-OH is 1. The SMILES string of the molecule is COCCOCC1CCCC[C@H]1CC(C)(C)CO. The molecule has 2 atom stereocenters. The highest BCUT2D eigenvalue weighted by Gasteiger charge is 2.30. The Balaban J connectivity index is 2.37. The van der Waals surface area contributed by atoms with Gasteiger partial charge in [0.1, 0.15) is 0 Å². The van der Waals surface area contributed by atoms with Gasteiger partial charge in [-0.2, -0.15) is 0 Å². The standard InChI is InChI=1S/C15H30O3/c1-15(2,12-16)10-13-6-4-5-7-14(13)11-18-9-8-17-3/h13-14,16H,4-12H2,1-3H3/t13-,14?/m0/s1. The van der Waals surface area contributed by atoms with Crippen molar-refractivity contribution < 1.29 is 14.6 Å². The van der Waals surface area contributed by atoms with Gasteiger partial charge in [-0.05, 0) is 30.1 Å². The smallest absolute Gasteiger partial charge is 0.0700 e. The zero-order chi connectivity index (χ0) is 13.4. The summed E-state index contributed by atoms with van der Waals surface area (Å²) in [4.78, 5) is 0. The van der Waals surface area contributed by atoms with Gasteiger partial charge in [-0.15, -0.1) is 0 Å². The first-order valence-electron chi connectivity index (χ1n) is 7.26. The minimum absolute atomic E-state index is 0.0484. The molecule has 3 heteroatoms. The predicted octanol–water partition coefficient (Wildman–Crippen LogP) is 2.86. The maximum atomic E-state index is 9.41. The minimum Gasteiger partial charge on any atom is -0.396 e. The maximum Gasteiger partial charge on any atom is 0.0700 e. The van der Waals surface area contributed by atoms with Crippen LogP contribution >= 0.6 is 0 Å². The lowest BCUT2D eigenvalue weighted by Crippen LogP contribution is -2.30. The quantitative estimate of drug-likeness (QED) is 0.680. The van der Waals surface area contributed by atoms with Crippen LogP contribution < -0.4 is 0 Å². The molecule has 1 unspecified atom stereocenters. The third-order valence-electron chi connectivity index (χ3n) is 4.07. The summed E-state index contributed by atoms with van der Waals surface area (Å²) in [6.45, 7) is 6.83. The van der Waals surface area contributed by atoms with Gasteiger partial charge < -0.3 is 14.6 Å². The zero-order valence-electron chi connectivity index (χ0n) is 12.3. The molecule has 0 heterocycles. The van der Waals surface area contributed by atoms with Crippen LogP contribution in [0.25, 0.3) is 0 Å². The molecular weight excluding hydrogens is 228 g/mol. The topological polar surface area (TPSA) is 38.7 Å². The van der Waals surface area contributed by atoms with Crippen molar-refractivity contribution in [3.05, 3.63) is 0 Å². The van der Waals surface area contributed by atoms with Crippen LogP contribution in [-0.2, 0) is 9.47 Å². The summed E-state index contributed by atoms with van der Waals surface area (Å²) < 4.78 is 10.7. The molecule has 0 amide bonds. The molecular formula is C15H30O3. The normalized spacial score (nSPS) is 25.3. The lowest BCUT2D eigenvalue weighted by atomic mass is 9.71. The van der Waals surface area contributed by atoms with Gasteiger partial charge in [-0.1, -0.05) is 33.1 Å². The molecule has 1 aliphatic rings. The first-order valence-corrected chi connectivity index (χ1v) is 7.26. The van der Waals surface area contributed by atoms with E-state index in [1.807, 2.05) is 0 Å². The van der Waals surface area contributed by atoms with Crippen molar-refractivity contribution in [1.82, 2.24) is 0 Å². The van der Waals surface area contributed by atoms with Crippen LogP contribution in [0.2, 0.25) is 0 Å². The largest absolute Gasteiger partial charge is 0.396 e. The summed E-state index contributed by atoms with van der Waals surface area (Å²) in [5.74, 6) is 1.38. The summed E-state index contributed by atoms with van der Waals surface area (Å²) in [5, 5.41) is 9.41. The summed E-state index contributed by atoms with van der Waals surface area (Å²) >= 11 is 0. The highest BCUT2D eigenvalue weighted by atomic mass is 16.5. The van der Waals surface area contributed by atoms with Gasteiger partial charge >= 0.3 is 0 Å². The van der Waals surface area contributed by atoms with Crippen LogP contribution in [0.15, 0.2) is 0 Å². The van der Waals surface area contributed by atoms with Crippen molar-refractivity contribution in [2.75, 3.05) is 33.5 Å². The number of methoxy groups -OCH3 is 1. The van der Waals surface area contributed by atoms with E-state index in [0.29, 0.717) is 25.0 Å². The van der Waals surface area contributed by atoms with E-state index in [1.54, 1.807) is 7.11 Å². The molecule has 0 bridgehead atoms. The van der Waals surface area contributed by atoms with Gasteiger partial charge in [0.2, 0.25) is 0 Å². The van der Waals surface area contributed by atoms with Crippen LogP contribution in [0.4, 0.5) is 0 Å². The molecule has 0 radical (unpaired) electrons. The average Bonchev–Trinajstić information content (AvgIpc) is 2.36. The van der Waals surface area contributed by atoms with Crippen molar-refractivity contribution in [2.24, 2.45) is 17.3 Å². The molecule has 1 N–H and O–H groups in total. The van der Waals surface area contributed by atoms with E-state index < -0.39 is 0 Å². The summed E-state index contributed by atoms with van der Waals surface area (Å²) in [6, 6.07) is 0. The Morgan fingerprint density at radius 2 is 1.78 bits per heavy atom. The second-order valence-corrected chi connectivity index (χ2v) is 6.40. The van der Waals surface area contributed by atoms with Gasteiger partial charge in [0.05, 0.1) is 13.2 Å². The molecule has 1 rings (SSSR count). The fourth-order valence-corrected chi connectivity index (χ4v) is 2.92. The molecule has 108 valence electrons. The molecule has 0 spiro atoms. The molecule has 0 aromatic carbocycles. The zero-order valence-corrected chi connectivity index (χ0v) is 12.3. The van der Waals surface area contributed by atoms with Crippen molar-refractivity contribution in [2.45, 2.75) is 46.0 Å². The fraction of sp³-hybridized carbons (Fsp3) is 1.00. The Morgan fingerprint density at radius 1 is 1.11 bits per heavy atom. The molecule has 0 aromatic rings. The van der Waals surface area contributed by atoms with Crippen LogP contribution in [0, 0.1) is 17.3 Å². The molecule has 1 fully saturated rings. The Kier molecular flexibility index (Phi) is 7.20. The van der Waals surface area contributed by atoms with E-state index in [1.165, 1.54) is 25.7 Å². The van der Waals surface area contributed by atoms with E-state index in [-0.39, 0.29) is 12.0 Å². The highest BCUT2D eigenvalue weighted by Crippen LogP contribution is 2.38. The number of aliphatic hydroxyl groups is 1. The van der Waals surface area contributed by atoms with Crippen molar-refractivity contribution in [1.29, 1.82) is 0 Å². The van der Waals surface area contributed by atoms with Gasteiger partial charge in [0.15, 0.2) is 0 Å². The summed E-state index contributed by atoms with van der Waals surface area (Å²) in [5.41, 5.74) is 0.0484. The molecule has 1 saturated carbocycles. The van der Waals surface area contributed by atoms with Crippen molar-refractivity contribution >= 4 is 0 Å². The third-order valence-corrected chi connectivity index (χ3v) is 4.07. The average molecular weight is 258 g/mol. The highest BCUT2D eigenvalue weighted by molar-refractivity contribution is 4.81. The predicted molar refractivity (Wildman–Crippen MR) is 73.6 cm³/mol. The third kappa shape index (κ3) is 5.68. The first-order chi connectivity index (χ1) is 8.59. The second kappa shape index (κ2) is 8.13. The van der Waals surface area contributed by atoms with E-state index in [4.69, 9.17) is 9.47 Å². The van der Waals surface area contributed by atoms with E-state index in [9.17, 15) is 5.11 Å².